The second kappa shape index (κ2) is 7.77. The first-order valence-corrected chi connectivity index (χ1v) is 7.99. The number of anilines is 2. The standard InChI is InChI=1S/C19H15ClFN3O/c20-15-2-1-3-17(11-15)24-19(25)14-8-9-22-18(10-14)23-12-13-4-6-16(21)7-5-13/h1-11H,12H2,(H,22,23)(H,24,25). The summed E-state index contributed by atoms with van der Waals surface area (Å²) in [5.41, 5.74) is 2.00. The van der Waals surface area contributed by atoms with Crippen LogP contribution in [0.2, 0.25) is 5.02 Å². The summed E-state index contributed by atoms with van der Waals surface area (Å²) in [6.45, 7) is 0.479. The summed E-state index contributed by atoms with van der Waals surface area (Å²) in [6, 6.07) is 16.4. The Morgan fingerprint density at radius 2 is 1.88 bits per heavy atom. The highest BCUT2D eigenvalue weighted by Crippen LogP contribution is 2.17. The van der Waals surface area contributed by atoms with Crippen LogP contribution in [0.25, 0.3) is 0 Å². The van der Waals surface area contributed by atoms with Gasteiger partial charge in [-0.2, -0.15) is 0 Å². The predicted molar refractivity (Wildman–Crippen MR) is 97.4 cm³/mol. The number of halogens is 2. The Morgan fingerprint density at radius 3 is 2.64 bits per heavy atom. The molecule has 2 aromatic carbocycles. The third kappa shape index (κ3) is 4.78. The van der Waals surface area contributed by atoms with E-state index in [0.29, 0.717) is 28.6 Å². The number of benzene rings is 2. The minimum Gasteiger partial charge on any atom is -0.366 e. The molecule has 0 aliphatic rings. The summed E-state index contributed by atoms with van der Waals surface area (Å²) in [5, 5.41) is 6.45. The second-order valence-electron chi connectivity index (χ2n) is 5.37. The molecule has 0 fully saturated rings. The molecule has 6 heteroatoms. The van der Waals surface area contributed by atoms with Crippen molar-refractivity contribution in [3.63, 3.8) is 0 Å². The van der Waals surface area contributed by atoms with E-state index in [9.17, 15) is 9.18 Å². The first-order chi connectivity index (χ1) is 12.1. The van der Waals surface area contributed by atoms with Crippen molar-refractivity contribution in [3.8, 4) is 0 Å². The monoisotopic (exact) mass is 355 g/mol. The van der Waals surface area contributed by atoms with Crippen molar-refractivity contribution in [1.29, 1.82) is 0 Å². The smallest absolute Gasteiger partial charge is 0.255 e. The Hall–Kier alpha value is -2.92. The molecule has 0 saturated heterocycles. The molecule has 1 heterocycles. The van der Waals surface area contributed by atoms with E-state index in [1.165, 1.54) is 12.1 Å². The number of nitrogens with zero attached hydrogens (tertiary/aromatic N) is 1. The van der Waals surface area contributed by atoms with Crippen LogP contribution in [0, 0.1) is 5.82 Å². The van der Waals surface area contributed by atoms with E-state index in [4.69, 9.17) is 11.6 Å². The average Bonchev–Trinajstić information content (AvgIpc) is 2.61. The van der Waals surface area contributed by atoms with Crippen molar-refractivity contribution in [3.05, 3.63) is 88.8 Å². The lowest BCUT2D eigenvalue weighted by Crippen LogP contribution is -2.12. The third-order valence-electron chi connectivity index (χ3n) is 3.49. The van der Waals surface area contributed by atoms with E-state index in [1.807, 2.05) is 0 Å². The highest BCUT2D eigenvalue weighted by Gasteiger charge is 2.08. The molecule has 4 nitrogen and oxygen atoms in total. The summed E-state index contributed by atoms with van der Waals surface area (Å²) in [7, 11) is 0. The fraction of sp³-hybridized carbons (Fsp3) is 0.0526. The van der Waals surface area contributed by atoms with Gasteiger partial charge in [0.25, 0.3) is 5.91 Å². The van der Waals surface area contributed by atoms with Crippen LogP contribution >= 0.6 is 11.6 Å². The zero-order valence-electron chi connectivity index (χ0n) is 13.2. The highest BCUT2D eigenvalue weighted by molar-refractivity contribution is 6.30. The lowest BCUT2D eigenvalue weighted by Gasteiger charge is -2.09. The number of hydrogen-bond acceptors (Lipinski definition) is 3. The summed E-state index contributed by atoms with van der Waals surface area (Å²) >= 11 is 5.91. The fourth-order valence-electron chi connectivity index (χ4n) is 2.23. The van der Waals surface area contributed by atoms with Gasteiger partial charge >= 0.3 is 0 Å². The molecular weight excluding hydrogens is 341 g/mol. The summed E-state index contributed by atoms with van der Waals surface area (Å²) < 4.78 is 12.9. The number of aromatic nitrogens is 1. The zero-order chi connectivity index (χ0) is 17.6. The molecule has 0 radical (unpaired) electrons. The van der Waals surface area contributed by atoms with Crippen molar-refractivity contribution in [2.75, 3.05) is 10.6 Å². The zero-order valence-corrected chi connectivity index (χ0v) is 13.9. The highest BCUT2D eigenvalue weighted by atomic mass is 35.5. The van der Waals surface area contributed by atoms with Crippen molar-refractivity contribution >= 4 is 29.0 Å². The SMILES string of the molecule is O=C(Nc1cccc(Cl)c1)c1ccnc(NCc2ccc(F)cc2)c1. The number of amides is 1. The minimum atomic E-state index is -0.276. The van der Waals surface area contributed by atoms with Gasteiger partial charge in [-0.3, -0.25) is 4.79 Å². The van der Waals surface area contributed by atoms with E-state index in [1.54, 1.807) is 54.7 Å². The molecule has 126 valence electrons. The Morgan fingerprint density at radius 1 is 1.08 bits per heavy atom. The molecule has 0 unspecified atom stereocenters. The third-order valence-corrected chi connectivity index (χ3v) is 3.73. The minimum absolute atomic E-state index is 0.255. The van der Waals surface area contributed by atoms with Gasteiger partial charge in [0.15, 0.2) is 0 Å². The summed E-state index contributed by atoms with van der Waals surface area (Å²) in [5.74, 6) is 0.0270. The van der Waals surface area contributed by atoms with Crippen molar-refractivity contribution in [1.82, 2.24) is 4.98 Å². The lowest BCUT2D eigenvalue weighted by atomic mass is 10.2. The molecule has 1 aromatic heterocycles. The van der Waals surface area contributed by atoms with Crippen molar-refractivity contribution < 1.29 is 9.18 Å². The number of carbonyl (C=O) groups excluding carboxylic acids is 1. The first-order valence-electron chi connectivity index (χ1n) is 7.61. The van der Waals surface area contributed by atoms with Crippen molar-refractivity contribution in [2.45, 2.75) is 6.54 Å². The molecule has 2 N–H and O–H groups in total. The summed E-state index contributed by atoms with van der Waals surface area (Å²) in [4.78, 5) is 16.5. The van der Waals surface area contributed by atoms with Gasteiger partial charge in [-0.1, -0.05) is 29.8 Å². The van der Waals surface area contributed by atoms with Gasteiger partial charge < -0.3 is 10.6 Å². The molecule has 0 aliphatic carbocycles. The molecule has 0 aliphatic heterocycles. The molecular formula is C19H15ClFN3O. The van der Waals surface area contributed by atoms with Gasteiger partial charge in [-0.15, -0.1) is 0 Å². The van der Waals surface area contributed by atoms with Crippen LogP contribution in [-0.4, -0.2) is 10.9 Å². The molecule has 25 heavy (non-hydrogen) atoms. The van der Waals surface area contributed by atoms with Crippen LogP contribution in [-0.2, 0) is 6.54 Å². The van der Waals surface area contributed by atoms with E-state index in [-0.39, 0.29) is 11.7 Å². The second-order valence-corrected chi connectivity index (χ2v) is 5.81. The maximum absolute atomic E-state index is 12.9. The molecule has 3 rings (SSSR count). The van der Waals surface area contributed by atoms with Gasteiger partial charge in [0, 0.05) is 29.0 Å². The van der Waals surface area contributed by atoms with Gasteiger partial charge in [0.2, 0.25) is 0 Å². The fourth-order valence-corrected chi connectivity index (χ4v) is 2.42. The predicted octanol–water partition coefficient (Wildman–Crippen LogP) is 4.74. The van der Waals surface area contributed by atoms with Gasteiger partial charge in [-0.05, 0) is 48.0 Å². The van der Waals surface area contributed by atoms with Crippen LogP contribution in [0.5, 0.6) is 0 Å². The number of carbonyl (C=O) groups is 1. The average molecular weight is 356 g/mol. The van der Waals surface area contributed by atoms with Crippen molar-refractivity contribution in [2.24, 2.45) is 0 Å². The lowest BCUT2D eigenvalue weighted by molar-refractivity contribution is 0.102. The Labute approximate surface area is 149 Å². The van der Waals surface area contributed by atoms with Gasteiger partial charge in [-0.25, -0.2) is 9.37 Å². The van der Waals surface area contributed by atoms with Crippen LogP contribution < -0.4 is 10.6 Å². The number of hydrogen-bond donors (Lipinski definition) is 2. The molecule has 0 saturated carbocycles. The summed E-state index contributed by atoms with van der Waals surface area (Å²) in [6.07, 6.45) is 1.56. The maximum Gasteiger partial charge on any atom is 0.255 e. The molecule has 0 atom stereocenters. The van der Waals surface area contributed by atoms with E-state index in [0.717, 1.165) is 5.56 Å². The van der Waals surface area contributed by atoms with E-state index in [2.05, 4.69) is 15.6 Å². The topological polar surface area (TPSA) is 54.0 Å². The maximum atomic E-state index is 12.9. The van der Waals surface area contributed by atoms with Crippen LogP contribution in [0.4, 0.5) is 15.9 Å². The molecule has 0 spiro atoms. The van der Waals surface area contributed by atoms with Crippen LogP contribution in [0.3, 0.4) is 0 Å². The molecule has 1 amide bonds. The number of pyridine rings is 1. The van der Waals surface area contributed by atoms with Crippen LogP contribution in [0.1, 0.15) is 15.9 Å². The molecule has 3 aromatic rings. The first kappa shape index (κ1) is 16.9. The van der Waals surface area contributed by atoms with Crippen LogP contribution in [0.15, 0.2) is 66.9 Å². The number of rotatable bonds is 5. The van der Waals surface area contributed by atoms with Gasteiger partial charge in [0.05, 0.1) is 0 Å². The Bertz CT molecular complexity index is 884. The van der Waals surface area contributed by atoms with Gasteiger partial charge in [0.1, 0.15) is 11.6 Å². The normalized spacial score (nSPS) is 10.3. The molecule has 0 bridgehead atoms. The van der Waals surface area contributed by atoms with E-state index < -0.39 is 0 Å². The Balaban J connectivity index is 1.66. The quantitative estimate of drug-likeness (QED) is 0.695. The Kier molecular flexibility index (Phi) is 5.26. The van der Waals surface area contributed by atoms with E-state index >= 15 is 0 Å². The largest absolute Gasteiger partial charge is 0.366 e. The number of nitrogens with one attached hydrogen (secondary N) is 2.